The maximum Gasteiger partial charge on any atom is 0.371 e. The molecule has 2 aromatic rings. The fraction of sp³-hybridized carbons (Fsp3) is 0.312. The molecule has 0 saturated carbocycles. The van der Waals surface area contributed by atoms with Crippen LogP contribution in [-0.4, -0.2) is 23.4 Å². The third kappa shape index (κ3) is 5.65. The van der Waals surface area contributed by atoms with Crippen LogP contribution >= 0.6 is 11.8 Å². The first-order valence-corrected chi connectivity index (χ1v) is 7.92. The lowest BCUT2D eigenvalue weighted by Crippen LogP contribution is -1.96. The van der Waals surface area contributed by atoms with Gasteiger partial charge in [0.05, 0.1) is 12.4 Å². The van der Waals surface area contributed by atoms with Crippen molar-refractivity contribution in [1.82, 2.24) is 0 Å². The van der Waals surface area contributed by atoms with Crippen molar-refractivity contribution in [3.8, 4) is 0 Å². The second kappa shape index (κ2) is 8.54. The fourth-order valence-electron chi connectivity index (χ4n) is 1.77. The zero-order valence-corrected chi connectivity index (χ0v) is 12.5. The Labute approximate surface area is 128 Å². The molecule has 0 fully saturated rings. The van der Waals surface area contributed by atoms with Crippen LogP contribution in [0, 0.1) is 0 Å². The number of benzene rings is 1. The summed E-state index contributed by atoms with van der Waals surface area (Å²) >= 11 is 1.71. The van der Waals surface area contributed by atoms with Crippen molar-refractivity contribution in [3.63, 3.8) is 0 Å². The van der Waals surface area contributed by atoms with Gasteiger partial charge in [0.15, 0.2) is 0 Å². The molecular formula is C16H18O4S. The van der Waals surface area contributed by atoms with Gasteiger partial charge in [0.1, 0.15) is 5.76 Å². The molecule has 2 rings (SSSR count). The summed E-state index contributed by atoms with van der Waals surface area (Å²) in [4.78, 5) is 10.7. The minimum atomic E-state index is -1.03. The Hall–Kier alpha value is -1.72. The molecule has 0 unspecified atom stereocenters. The van der Waals surface area contributed by atoms with Gasteiger partial charge in [-0.25, -0.2) is 4.79 Å². The van der Waals surface area contributed by atoms with Crippen molar-refractivity contribution < 1.29 is 19.1 Å². The number of hydrogen-bond acceptors (Lipinski definition) is 4. The van der Waals surface area contributed by atoms with Gasteiger partial charge in [0.2, 0.25) is 5.76 Å². The second-order valence-electron chi connectivity index (χ2n) is 4.52. The van der Waals surface area contributed by atoms with Gasteiger partial charge < -0.3 is 14.3 Å². The number of hydrogen-bond donors (Lipinski definition) is 1. The summed E-state index contributed by atoms with van der Waals surface area (Å²) in [5.74, 6) is 1.31. The molecule has 0 atom stereocenters. The lowest BCUT2D eigenvalue weighted by atomic mass is 10.2. The zero-order chi connectivity index (χ0) is 14.9. The van der Waals surface area contributed by atoms with Crippen molar-refractivity contribution >= 4 is 17.7 Å². The highest BCUT2D eigenvalue weighted by Gasteiger charge is 2.08. The minimum absolute atomic E-state index is 0.00297. The van der Waals surface area contributed by atoms with E-state index in [9.17, 15) is 4.79 Å². The predicted molar refractivity (Wildman–Crippen MR) is 82.5 cm³/mol. The summed E-state index contributed by atoms with van der Waals surface area (Å²) in [6.07, 6.45) is 0.962. The molecule has 0 amide bonds. The van der Waals surface area contributed by atoms with E-state index >= 15 is 0 Å². The van der Waals surface area contributed by atoms with Gasteiger partial charge in [-0.1, -0.05) is 30.3 Å². The van der Waals surface area contributed by atoms with Crippen molar-refractivity contribution in [2.45, 2.75) is 18.8 Å². The molecule has 1 aromatic heterocycles. The Morgan fingerprint density at radius 1 is 1.19 bits per heavy atom. The van der Waals surface area contributed by atoms with Crippen LogP contribution in [0.15, 0.2) is 46.9 Å². The van der Waals surface area contributed by atoms with E-state index in [1.165, 1.54) is 11.6 Å². The fourth-order valence-corrected chi connectivity index (χ4v) is 2.59. The van der Waals surface area contributed by atoms with E-state index in [1.807, 2.05) is 30.3 Å². The van der Waals surface area contributed by atoms with Crippen molar-refractivity contribution in [2.24, 2.45) is 0 Å². The topological polar surface area (TPSA) is 59.7 Å². The van der Waals surface area contributed by atoms with Gasteiger partial charge in [0, 0.05) is 6.61 Å². The summed E-state index contributed by atoms with van der Waals surface area (Å²) in [5.41, 5.74) is 1.18. The minimum Gasteiger partial charge on any atom is -0.475 e. The average molecular weight is 306 g/mol. The highest BCUT2D eigenvalue weighted by Crippen LogP contribution is 2.16. The van der Waals surface area contributed by atoms with Crippen LogP contribution in [0.3, 0.4) is 0 Å². The number of thioether (sulfide) groups is 1. The standard InChI is InChI=1S/C16H18O4S/c17-16(18)15-8-7-14(20-15)12-21-10-4-9-19-11-13-5-2-1-3-6-13/h1-3,5-8H,4,9-12H2,(H,17,18). The number of carbonyl (C=O) groups is 1. The van der Waals surface area contributed by atoms with Crippen LogP contribution in [0.4, 0.5) is 0 Å². The number of aromatic carboxylic acids is 1. The Kier molecular flexibility index (Phi) is 6.37. The zero-order valence-electron chi connectivity index (χ0n) is 11.7. The molecule has 0 aliphatic rings. The average Bonchev–Trinajstić information content (AvgIpc) is 2.96. The largest absolute Gasteiger partial charge is 0.475 e. The highest BCUT2D eigenvalue weighted by atomic mass is 32.2. The van der Waals surface area contributed by atoms with Gasteiger partial charge in [-0.15, -0.1) is 0 Å². The first kappa shape index (κ1) is 15.7. The molecule has 0 aliphatic carbocycles. The maximum absolute atomic E-state index is 10.7. The van der Waals surface area contributed by atoms with Crippen LogP contribution in [0.5, 0.6) is 0 Å². The number of furan rings is 1. The van der Waals surface area contributed by atoms with Crippen LogP contribution in [0.1, 0.15) is 28.3 Å². The van der Waals surface area contributed by atoms with Crippen molar-refractivity contribution in [2.75, 3.05) is 12.4 Å². The number of ether oxygens (including phenoxy) is 1. The van der Waals surface area contributed by atoms with Gasteiger partial charge in [-0.3, -0.25) is 0 Å². The maximum atomic E-state index is 10.7. The van der Waals surface area contributed by atoms with Crippen molar-refractivity contribution in [3.05, 3.63) is 59.5 Å². The molecule has 21 heavy (non-hydrogen) atoms. The quantitative estimate of drug-likeness (QED) is 0.714. The lowest BCUT2D eigenvalue weighted by molar-refractivity contribution is 0.0661. The Morgan fingerprint density at radius 2 is 2.00 bits per heavy atom. The highest BCUT2D eigenvalue weighted by molar-refractivity contribution is 7.98. The molecule has 4 nitrogen and oxygen atoms in total. The van der Waals surface area contributed by atoms with Crippen LogP contribution in [-0.2, 0) is 17.1 Å². The summed E-state index contributed by atoms with van der Waals surface area (Å²) in [6.45, 7) is 1.37. The van der Waals surface area contributed by atoms with Crippen molar-refractivity contribution in [1.29, 1.82) is 0 Å². The van der Waals surface area contributed by atoms with E-state index < -0.39 is 5.97 Å². The smallest absolute Gasteiger partial charge is 0.371 e. The van der Waals surface area contributed by atoms with Gasteiger partial charge in [-0.05, 0) is 29.9 Å². The molecule has 0 saturated heterocycles. The van der Waals surface area contributed by atoms with Gasteiger partial charge in [0.25, 0.3) is 0 Å². The van der Waals surface area contributed by atoms with Gasteiger partial charge >= 0.3 is 5.97 Å². The predicted octanol–water partition coefficient (Wildman–Crippen LogP) is 3.82. The molecule has 1 heterocycles. The normalized spacial score (nSPS) is 10.7. The van der Waals surface area contributed by atoms with Gasteiger partial charge in [-0.2, -0.15) is 11.8 Å². The second-order valence-corrected chi connectivity index (χ2v) is 5.62. The Balaban J connectivity index is 1.53. The summed E-state index contributed by atoms with van der Waals surface area (Å²) in [6, 6.07) is 13.3. The number of rotatable bonds is 9. The lowest BCUT2D eigenvalue weighted by Gasteiger charge is -2.04. The van der Waals surface area contributed by atoms with Crippen LogP contribution in [0.25, 0.3) is 0 Å². The van der Waals surface area contributed by atoms with E-state index in [4.69, 9.17) is 14.3 Å². The molecule has 0 spiro atoms. The van der Waals surface area contributed by atoms with E-state index in [0.717, 1.165) is 18.8 Å². The number of carboxylic acid groups (broad SMARTS) is 1. The SMILES string of the molecule is O=C(O)c1ccc(CSCCCOCc2ccccc2)o1. The molecule has 0 radical (unpaired) electrons. The Morgan fingerprint density at radius 3 is 2.71 bits per heavy atom. The third-order valence-electron chi connectivity index (χ3n) is 2.81. The van der Waals surface area contributed by atoms with Crippen LogP contribution < -0.4 is 0 Å². The summed E-state index contributed by atoms with van der Waals surface area (Å²) in [5, 5.41) is 8.74. The van der Waals surface area contributed by atoms with E-state index in [2.05, 4.69) is 0 Å². The molecule has 1 aromatic carbocycles. The molecule has 0 aliphatic heterocycles. The third-order valence-corrected chi connectivity index (χ3v) is 3.87. The first-order valence-electron chi connectivity index (χ1n) is 6.77. The molecule has 0 bridgehead atoms. The number of carboxylic acids is 1. The molecule has 112 valence electrons. The van der Waals surface area contributed by atoms with E-state index in [1.54, 1.807) is 17.8 Å². The Bertz CT molecular complexity index is 550. The first-order chi connectivity index (χ1) is 10.3. The molecule has 5 heteroatoms. The monoisotopic (exact) mass is 306 g/mol. The summed E-state index contributed by atoms with van der Waals surface area (Å²) in [7, 11) is 0. The van der Waals surface area contributed by atoms with Crippen LogP contribution in [0.2, 0.25) is 0 Å². The van der Waals surface area contributed by atoms with E-state index in [0.29, 0.717) is 18.1 Å². The molecular weight excluding hydrogens is 288 g/mol. The van der Waals surface area contributed by atoms with E-state index in [-0.39, 0.29) is 5.76 Å². The molecule has 1 N–H and O–H groups in total. The summed E-state index contributed by atoms with van der Waals surface area (Å²) < 4.78 is 10.8.